The van der Waals surface area contributed by atoms with E-state index in [1.165, 1.54) is 7.11 Å². The summed E-state index contributed by atoms with van der Waals surface area (Å²) in [5.41, 5.74) is 1.04. The standard InChI is InChI=1S/C9H7BO3/c1-12-9(11)7-4-2-3-6-5-10-13-8(6)7/h2-5H,1H3. The normalized spacial score (nSPS) is 9.92. The molecule has 0 spiro atoms. The van der Waals surface area contributed by atoms with Crippen LogP contribution in [0.3, 0.4) is 0 Å². The van der Waals surface area contributed by atoms with E-state index >= 15 is 0 Å². The third-order valence-electron chi connectivity index (χ3n) is 1.88. The summed E-state index contributed by atoms with van der Waals surface area (Å²) in [5.74, 6) is 1.43. The maximum atomic E-state index is 11.2. The van der Waals surface area contributed by atoms with Gasteiger partial charge in [0, 0.05) is 0 Å². The molecule has 0 saturated carbocycles. The first-order valence-electron chi connectivity index (χ1n) is 3.87. The molecule has 0 bridgehead atoms. The molecule has 0 amide bonds. The first kappa shape index (κ1) is 8.04. The molecule has 0 N–H and O–H groups in total. The summed E-state index contributed by atoms with van der Waals surface area (Å²) < 4.78 is 9.79. The number of benzene rings is 1. The third kappa shape index (κ3) is 1.24. The molecule has 0 fully saturated rings. The fourth-order valence-corrected chi connectivity index (χ4v) is 1.26. The van der Waals surface area contributed by atoms with Crippen LogP contribution in [0.5, 0.6) is 0 Å². The molecule has 0 aliphatic heterocycles. The number of esters is 1. The molecular weight excluding hydrogens is 167 g/mol. The summed E-state index contributed by atoms with van der Waals surface area (Å²) in [6, 6.07) is 5.35. The van der Waals surface area contributed by atoms with E-state index in [1.807, 2.05) is 12.0 Å². The summed E-state index contributed by atoms with van der Waals surface area (Å²) in [6.07, 6.45) is 0. The van der Waals surface area contributed by atoms with E-state index in [2.05, 4.69) is 4.74 Å². The van der Waals surface area contributed by atoms with Crippen molar-refractivity contribution in [3.8, 4) is 0 Å². The van der Waals surface area contributed by atoms with Crippen LogP contribution in [0.1, 0.15) is 10.4 Å². The Kier molecular flexibility index (Phi) is 1.89. The second-order valence-corrected chi connectivity index (χ2v) is 2.64. The summed E-state index contributed by atoms with van der Waals surface area (Å²) in [6.45, 7) is 0. The summed E-state index contributed by atoms with van der Waals surface area (Å²) >= 11 is 0. The van der Waals surface area contributed by atoms with Gasteiger partial charge in [-0.1, -0.05) is 0 Å². The van der Waals surface area contributed by atoms with E-state index in [4.69, 9.17) is 4.33 Å². The number of fused-ring (bicyclic) bond motifs is 1. The third-order valence-corrected chi connectivity index (χ3v) is 1.88. The predicted octanol–water partition coefficient (Wildman–Crippen LogP) is 1.56. The zero-order valence-electron chi connectivity index (χ0n) is 7.11. The minimum absolute atomic E-state index is 0.374. The Hall–Kier alpha value is -1.58. The Morgan fingerprint density at radius 3 is 3.15 bits per heavy atom. The van der Waals surface area contributed by atoms with E-state index in [9.17, 15) is 4.79 Å². The van der Waals surface area contributed by atoms with E-state index < -0.39 is 0 Å². The second kappa shape index (κ2) is 3.05. The molecule has 2 rings (SSSR count). The van der Waals surface area contributed by atoms with Crippen molar-refractivity contribution in [1.82, 2.24) is 0 Å². The zero-order valence-corrected chi connectivity index (χ0v) is 7.11. The van der Waals surface area contributed by atoms with Crippen molar-refractivity contribution < 1.29 is 13.9 Å². The number of carbonyl (C=O) groups is 1. The van der Waals surface area contributed by atoms with Crippen LogP contribution < -0.4 is 0 Å². The Morgan fingerprint density at radius 1 is 1.54 bits per heavy atom. The number of para-hydroxylation sites is 1. The maximum absolute atomic E-state index is 11.2. The predicted molar refractivity (Wildman–Crippen MR) is 48.9 cm³/mol. The molecule has 13 heavy (non-hydrogen) atoms. The van der Waals surface area contributed by atoms with E-state index in [0.29, 0.717) is 11.1 Å². The van der Waals surface area contributed by atoms with Crippen LogP contribution in [0.2, 0.25) is 0 Å². The van der Waals surface area contributed by atoms with Crippen LogP contribution in [-0.4, -0.2) is 20.2 Å². The first-order chi connectivity index (χ1) is 6.33. The van der Waals surface area contributed by atoms with E-state index in [-0.39, 0.29) is 5.97 Å². The Labute approximate surface area is 75.5 Å². The van der Waals surface area contributed by atoms with Gasteiger partial charge in [0.05, 0.1) is 0 Å². The zero-order chi connectivity index (χ0) is 9.26. The van der Waals surface area contributed by atoms with Crippen LogP contribution in [0.15, 0.2) is 28.5 Å². The molecule has 0 radical (unpaired) electrons. The van der Waals surface area contributed by atoms with Crippen molar-refractivity contribution in [1.29, 1.82) is 0 Å². The molecule has 0 saturated heterocycles. The quantitative estimate of drug-likeness (QED) is 0.615. The number of carbonyl (C=O) groups excluding carboxylic acids is 1. The van der Waals surface area contributed by atoms with E-state index in [0.717, 1.165) is 5.39 Å². The molecule has 1 aromatic carbocycles. The van der Waals surface area contributed by atoms with Gasteiger partial charge in [-0.3, -0.25) is 0 Å². The van der Waals surface area contributed by atoms with Gasteiger partial charge in [0.1, 0.15) is 0 Å². The molecule has 0 aliphatic rings. The second-order valence-electron chi connectivity index (χ2n) is 2.64. The summed E-state index contributed by atoms with van der Waals surface area (Å²) in [4.78, 5) is 11.2. The minimum atomic E-state index is -0.374. The SMILES string of the molecule is COC(=O)c1cccc2cboc12. The Balaban J connectivity index is 2.67. The van der Waals surface area contributed by atoms with Crippen molar-refractivity contribution in [2.75, 3.05) is 7.11 Å². The topological polar surface area (TPSA) is 39.4 Å². The Morgan fingerprint density at radius 2 is 2.38 bits per heavy atom. The van der Waals surface area contributed by atoms with Crippen molar-refractivity contribution in [2.45, 2.75) is 0 Å². The van der Waals surface area contributed by atoms with Gasteiger partial charge >= 0.3 is 74.8 Å². The van der Waals surface area contributed by atoms with Gasteiger partial charge in [0.25, 0.3) is 0 Å². The molecule has 3 nitrogen and oxygen atoms in total. The average Bonchev–Trinajstić information content (AvgIpc) is 2.63. The number of methoxy groups -OCH3 is 1. The number of ether oxygens (including phenoxy) is 1. The number of hydrogen-bond donors (Lipinski definition) is 0. The van der Waals surface area contributed by atoms with Crippen LogP contribution in [0, 0.1) is 0 Å². The van der Waals surface area contributed by atoms with Gasteiger partial charge in [-0.05, 0) is 0 Å². The molecule has 2 aromatic rings. The van der Waals surface area contributed by atoms with Crippen molar-refractivity contribution in [3.05, 3.63) is 29.7 Å². The van der Waals surface area contributed by atoms with Crippen molar-refractivity contribution >= 4 is 24.1 Å². The molecule has 1 heterocycles. The molecule has 0 atom stereocenters. The van der Waals surface area contributed by atoms with Crippen LogP contribution in [-0.2, 0) is 4.74 Å². The molecule has 64 valence electrons. The van der Waals surface area contributed by atoms with Gasteiger partial charge in [-0.25, -0.2) is 0 Å². The number of rotatable bonds is 1. The van der Waals surface area contributed by atoms with Gasteiger partial charge in [-0.15, -0.1) is 0 Å². The Bertz CT molecular complexity index is 447. The molecule has 4 heteroatoms. The fourth-order valence-electron chi connectivity index (χ4n) is 1.26. The molecule has 0 aliphatic carbocycles. The van der Waals surface area contributed by atoms with Crippen molar-refractivity contribution in [2.24, 2.45) is 0 Å². The van der Waals surface area contributed by atoms with E-state index in [1.54, 1.807) is 19.3 Å². The first-order valence-corrected chi connectivity index (χ1v) is 3.87. The number of hydrogen-bond acceptors (Lipinski definition) is 3. The van der Waals surface area contributed by atoms with Gasteiger partial charge in [0.2, 0.25) is 0 Å². The monoisotopic (exact) mass is 174 g/mol. The molecular formula is C9H7BO3. The van der Waals surface area contributed by atoms with Crippen LogP contribution >= 0.6 is 0 Å². The summed E-state index contributed by atoms with van der Waals surface area (Å²) in [5, 5.41) is 0.905. The van der Waals surface area contributed by atoms with Gasteiger partial charge in [-0.2, -0.15) is 0 Å². The van der Waals surface area contributed by atoms with Crippen molar-refractivity contribution in [3.63, 3.8) is 0 Å². The van der Waals surface area contributed by atoms with Gasteiger partial charge < -0.3 is 0 Å². The van der Waals surface area contributed by atoms with Gasteiger partial charge in [0.15, 0.2) is 0 Å². The molecule has 1 aromatic heterocycles. The summed E-state index contributed by atoms with van der Waals surface area (Å²) in [7, 11) is 2.90. The van der Waals surface area contributed by atoms with Crippen LogP contribution in [0.25, 0.3) is 11.0 Å². The van der Waals surface area contributed by atoms with Crippen LogP contribution in [0.4, 0.5) is 0 Å². The average molecular weight is 174 g/mol. The molecule has 0 unspecified atom stereocenters. The fraction of sp³-hybridized carbons (Fsp3) is 0.111.